The van der Waals surface area contributed by atoms with E-state index in [4.69, 9.17) is 5.11 Å². The zero-order valence-electron chi connectivity index (χ0n) is 12.0. The maximum atomic E-state index is 12.6. The summed E-state index contributed by atoms with van der Waals surface area (Å²) < 4.78 is 37.8. The Morgan fingerprint density at radius 2 is 1.74 bits per heavy atom. The van der Waals surface area contributed by atoms with Crippen molar-refractivity contribution < 1.29 is 23.1 Å². The molecule has 1 aliphatic carbocycles. The van der Waals surface area contributed by atoms with E-state index >= 15 is 0 Å². The van der Waals surface area contributed by atoms with Crippen LogP contribution in [0.2, 0.25) is 0 Å². The molecule has 1 amide bonds. The Morgan fingerprint density at radius 1 is 1.09 bits per heavy atom. The lowest BCUT2D eigenvalue weighted by Gasteiger charge is -2.13. The number of fused-ring (bicyclic) bond motifs is 1. The van der Waals surface area contributed by atoms with Gasteiger partial charge in [-0.05, 0) is 53.3 Å². The second-order valence-electron chi connectivity index (χ2n) is 5.53. The standard InChI is InChI=1S/C17H14F3NO2/c18-17(19,20)13-6-3-10(4-7-13)12-2-1-11-5-8-15(14(11)9-12)21-16(22)23/h1-4,6-7,9,15,21H,5,8H2,(H,22,23). The van der Waals surface area contributed by atoms with Gasteiger partial charge in [-0.2, -0.15) is 13.2 Å². The van der Waals surface area contributed by atoms with E-state index in [-0.39, 0.29) is 6.04 Å². The van der Waals surface area contributed by atoms with Crippen LogP contribution in [0.25, 0.3) is 11.1 Å². The van der Waals surface area contributed by atoms with Crippen LogP contribution >= 0.6 is 0 Å². The zero-order chi connectivity index (χ0) is 16.6. The quantitative estimate of drug-likeness (QED) is 0.847. The minimum Gasteiger partial charge on any atom is -0.465 e. The third-order valence-corrected chi connectivity index (χ3v) is 4.07. The van der Waals surface area contributed by atoms with E-state index in [2.05, 4.69) is 5.32 Å². The summed E-state index contributed by atoms with van der Waals surface area (Å²) in [6.07, 6.45) is -3.96. The second-order valence-corrected chi connectivity index (χ2v) is 5.53. The van der Waals surface area contributed by atoms with Crippen molar-refractivity contribution in [3.8, 4) is 11.1 Å². The Morgan fingerprint density at radius 3 is 2.35 bits per heavy atom. The summed E-state index contributed by atoms with van der Waals surface area (Å²) in [6, 6.07) is 10.3. The average molecular weight is 321 g/mol. The van der Waals surface area contributed by atoms with Gasteiger partial charge in [0.15, 0.2) is 0 Å². The van der Waals surface area contributed by atoms with Gasteiger partial charge in [0, 0.05) is 0 Å². The SMILES string of the molecule is O=C(O)NC1CCc2ccc(-c3ccc(C(F)(F)F)cc3)cc21. The number of rotatable bonds is 2. The van der Waals surface area contributed by atoms with Crippen LogP contribution in [0.1, 0.15) is 29.2 Å². The summed E-state index contributed by atoms with van der Waals surface area (Å²) in [4.78, 5) is 10.8. The fraction of sp³-hybridized carbons (Fsp3) is 0.235. The molecule has 2 aromatic carbocycles. The molecule has 0 bridgehead atoms. The molecule has 1 aliphatic rings. The lowest BCUT2D eigenvalue weighted by Crippen LogP contribution is -2.24. The minimum atomic E-state index is -4.35. The molecule has 6 heteroatoms. The first-order valence-corrected chi connectivity index (χ1v) is 7.14. The number of halogens is 3. The van der Waals surface area contributed by atoms with E-state index in [9.17, 15) is 18.0 Å². The summed E-state index contributed by atoms with van der Waals surface area (Å²) in [5.74, 6) is 0. The molecule has 1 atom stereocenters. The molecule has 2 aromatic rings. The number of benzene rings is 2. The summed E-state index contributed by atoms with van der Waals surface area (Å²) in [5.41, 5.74) is 2.72. The molecule has 23 heavy (non-hydrogen) atoms. The van der Waals surface area contributed by atoms with Crippen molar-refractivity contribution in [2.45, 2.75) is 25.1 Å². The second kappa shape index (κ2) is 5.61. The maximum Gasteiger partial charge on any atom is 0.416 e. The Kier molecular flexibility index (Phi) is 3.75. The van der Waals surface area contributed by atoms with Crippen molar-refractivity contribution in [1.29, 1.82) is 0 Å². The summed E-state index contributed by atoms with van der Waals surface area (Å²) >= 11 is 0. The highest BCUT2D eigenvalue weighted by atomic mass is 19.4. The number of amides is 1. The topological polar surface area (TPSA) is 49.3 Å². The van der Waals surface area contributed by atoms with E-state index in [0.29, 0.717) is 12.0 Å². The van der Waals surface area contributed by atoms with E-state index in [1.165, 1.54) is 12.1 Å². The van der Waals surface area contributed by atoms with Crippen LogP contribution in [-0.2, 0) is 12.6 Å². The lowest BCUT2D eigenvalue weighted by atomic mass is 9.98. The van der Waals surface area contributed by atoms with Gasteiger partial charge in [-0.1, -0.05) is 24.3 Å². The summed E-state index contributed by atoms with van der Waals surface area (Å²) in [7, 11) is 0. The highest BCUT2D eigenvalue weighted by Crippen LogP contribution is 2.35. The van der Waals surface area contributed by atoms with Crippen LogP contribution in [0.4, 0.5) is 18.0 Å². The van der Waals surface area contributed by atoms with Gasteiger partial charge >= 0.3 is 12.3 Å². The van der Waals surface area contributed by atoms with Gasteiger partial charge in [0.05, 0.1) is 11.6 Å². The van der Waals surface area contributed by atoms with Crippen LogP contribution in [0.5, 0.6) is 0 Å². The third-order valence-electron chi connectivity index (χ3n) is 4.07. The fourth-order valence-corrected chi connectivity index (χ4v) is 2.93. The van der Waals surface area contributed by atoms with Crippen LogP contribution in [0, 0.1) is 0 Å². The van der Waals surface area contributed by atoms with E-state index < -0.39 is 17.8 Å². The molecule has 0 saturated heterocycles. The Labute approximate surface area is 130 Å². The number of hydrogen-bond acceptors (Lipinski definition) is 1. The van der Waals surface area contributed by atoms with Gasteiger partial charge in [-0.15, -0.1) is 0 Å². The molecular weight excluding hydrogens is 307 g/mol. The van der Waals surface area contributed by atoms with Crippen molar-refractivity contribution in [1.82, 2.24) is 5.32 Å². The molecule has 0 radical (unpaired) electrons. The van der Waals surface area contributed by atoms with E-state index in [1.54, 1.807) is 0 Å². The van der Waals surface area contributed by atoms with E-state index in [0.717, 1.165) is 35.2 Å². The van der Waals surface area contributed by atoms with Crippen molar-refractivity contribution in [2.75, 3.05) is 0 Å². The first-order valence-electron chi connectivity index (χ1n) is 7.14. The van der Waals surface area contributed by atoms with Crippen LogP contribution in [-0.4, -0.2) is 11.2 Å². The molecule has 3 nitrogen and oxygen atoms in total. The number of carbonyl (C=O) groups is 1. The fourth-order valence-electron chi connectivity index (χ4n) is 2.93. The molecular formula is C17H14F3NO2. The highest BCUT2D eigenvalue weighted by molar-refractivity contribution is 5.68. The van der Waals surface area contributed by atoms with Gasteiger partial charge in [0.2, 0.25) is 0 Å². The Balaban J connectivity index is 1.91. The van der Waals surface area contributed by atoms with Gasteiger partial charge < -0.3 is 10.4 Å². The van der Waals surface area contributed by atoms with Crippen molar-refractivity contribution in [2.24, 2.45) is 0 Å². The molecule has 0 spiro atoms. The van der Waals surface area contributed by atoms with Crippen molar-refractivity contribution >= 4 is 6.09 Å². The normalized spacial score (nSPS) is 16.9. The highest BCUT2D eigenvalue weighted by Gasteiger charge is 2.30. The molecule has 3 rings (SSSR count). The predicted molar refractivity (Wildman–Crippen MR) is 79.1 cm³/mol. The Hall–Kier alpha value is -2.50. The molecule has 0 fully saturated rings. The molecule has 120 valence electrons. The number of carboxylic acid groups (broad SMARTS) is 1. The minimum absolute atomic E-state index is 0.267. The van der Waals surface area contributed by atoms with Crippen LogP contribution in [0.3, 0.4) is 0 Å². The number of nitrogens with one attached hydrogen (secondary N) is 1. The molecule has 1 unspecified atom stereocenters. The number of hydrogen-bond donors (Lipinski definition) is 2. The first-order chi connectivity index (χ1) is 10.8. The Bertz CT molecular complexity index is 738. The maximum absolute atomic E-state index is 12.6. The average Bonchev–Trinajstić information content (AvgIpc) is 2.88. The monoisotopic (exact) mass is 321 g/mol. The molecule has 0 saturated carbocycles. The van der Waals surface area contributed by atoms with Crippen molar-refractivity contribution in [3.05, 3.63) is 59.2 Å². The number of alkyl halides is 3. The van der Waals surface area contributed by atoms with Gasteiger partial charge in [-0.25, -0.2) is 4.79 Å². The molecule has 0 aliphatic heterocycles. The van der Waals surface area contributed by atoms with Crippen LogP contribution in [0.15, 0.2) is 42.5 Å². The molecule has 2 N–H and O–H groups in total. The van der Waals surface area contributed by atoms with Gasteiger partial charge in [0.1, 0.15) is 0 Å². The first kappa shape index (κ1) is 15.4. The third kappa shape index (κ3) is 3.16. The zero-order valence-corrected chi connectivity index (χ0v) is 12.0. The number of aryl methyl sites for hydroxylation is 1. The lowest BCUT2D eigenvalue weighted by molar-refractivity contribution is -0.137. The largest absolute Gasteiger partial charge is 0.465 e. The van der Waals surface area contributed by atoms with Gasteiger partial charge in [-0.3, -0.25) is 0 Å². The van der Waals surface area contributed by atoms with E-state index in [1.807, 2.05) is 18.2 Å². The summed E-state index contributed by atoms with van der Waals surface area (Å²) in [5, 5.41) is 11.3. The molecule has 0 heterocycles. The van der Waals surface area contributed by atoms with Gasteiger partial charge in [0.25, 0.3) is 0 Å². The smallest absolute Gasteiger partial charge is 0.416 e. The summed E-state index contributed by atoms with van der Waals surface area (Å²) in [6.45, 7) is 0. The molecule has 0 aromatic heterocycles. The van der Waals surface area contributed by atoms with Crippen LogP contribution < -0.4 is 5.32 Å². The van der Waals surface area contributed by atoms with Crippen molar-refractivity contribution in [3.63, 3.8) is 0 Å². The predicted octanol–water partition coefficient (Wildman–Crippen LogP) is 4.63.